The molecule has 0 radical (unpaired) electrons. The second-order valence-corrected chi connectivity index (χ2v) is 23.3. The van der Waals surface area contributed by atoms with Crippen molar-refractivity contribution in [1.29, 1.82) is 0 Å². The molecule has 0 aromatic carbocycles. The first-order valence-corrected chi connectivity index (χ1v) is 31.8. The summed E-state index contributed by atoms with van der Waals surface area (Å²) in [5.74, 6) is -2.11. The van der Waals surface area contributed by atoms with Gasteiger partial charge in [-0.05, 0) is 25.7 Å². The molecule has 2 amide bonds. The lowest BCUT2D eigenvalue weighted by molar-refractivity contribution is -0.294. The van der Waals surface area contributed by atoms with E-state index < -0.39 is 133 Å². The molecule has 2 rings (SSSR count). The topological polar surface area (TPSA) is 347 Å². The van der Waals surface area contributed by atoms with E-state index in [0.717, 1.165) is 89.9 Å². The first kappa shape index (κ1) is 70.4. The quantitative estimate of drug-likeness (QED) is 0.0168. The van der Waals surface area contributed by atoms with Crippen LogP contribution in [0.5, 0.6) is 0 Å². The monoisotopic (exact) mass is 1130 g/mol. The maximum Gasteiger partial charge on any atom is 0.472 e. The summed E-state index contributed by atoms with van der Waals surface area (Å²) in [6.45, 7) is 4.65. The minimum Gasteiger partial charge on any atom is -0.462 e. The van der Waals surface area contributed by atoms with Crippen LogP contribution in [0.4, 0.5) is 0 Å². The average Bonchev–Trinajstić information content (AvgIpc) is 3.35. The Morgan fingerprint density at radius 3 is 1.42 bits per heavy atom. The number of carbonyl (C=O) groups excluding carboxylic acids is 3. The molecule has 448 valence electrons. The van der Waals surface area contributed by atoms with Crippen LogP contribution in [0, 0.1) is 0 Å². The molecule has 0 bridgehead atoms. The summed E-state index contributed by atoms with van der Waals surface area (Å²) < 4.78 is 56.9. The molecule has 12 atom stereocenters. The van der Waals surface area contributed by atoms with Gasteiger partial charge in [0.25, 0.3) is 0 Å². The van der Waals surface area contributed by atoms with Gasteiger partial charge in [0.1, 0.15) is 54.8 Å². The Labute approximate surface area is 452 Å². The van der Waals surface area contributed by atoms with E-state index in [1.807, 2.05) is 0 Å². The van der Waals surface area contributed by atoms with Gasteiger partial charge in [-0.3, -0.25) is 23.4 Å². The second-order valence-electron chi connectivity index (χ2n) is 20.9. The Morgan fingerprint density at radius 2 is 0.947 bits per heavy atom. The number of hydrogen-bond acceptors (Lipinski definition) is 16. The van der Waals surface area contributed by atoms with E-state index in [0.29, 0.717) is 32.1 Å². The van der Waals surface area contributed by atoms with Gasteiger partial charge in [0.2, 0.25) is 11.8 Å². The van der Waals surface area contributed by atoms with Crippen LogP contribution in [-0.2, 0) is 51.5 Å². The van der Waals surface area contributed by atoms with Gasteiger partial charge in [-0.15, -0.1) is 0 Å². The van der Waals surface area contributed by atoms with Crippen LogP contribution in [-0.4, -0.2) is 150 Å². The lowest BCUT2D eigenvalue weighted by Crippen LogP contribution is -2.67. The first-order chi connectivity index (χ1) is 36.2. The lowest BCUT2D eigenvalue weighted by Gasteiger charge is -2.45. The minimum atomic E-state index is -5.42. The van der Waals surface area contributed by atoms with Gasteiger partial charge in [-0.2, -0.15) is 0 Å². The SMILES string of the molecule is CCCCCCCCCCCC(=O)O[C@H](CCCCCCCCCCC)CC(=O)N[C@H]1C(OC[C@H]2O[C@@H](OP(=O)(O)O)[C@H](NC(=O)C[C@H](O)CCCCCCCCCCC)[C@@H](O)[C@@H]2O)O[C@H](CO)[C@@H](OP(=O)(O)O)[C@@H]1O. The molecule has 0 aliphatic carbocycles. The summed E-state index contributed by atoms with van der Waals surface area (Å²) in [4.78, 5) is 79.0. The molecule has 1 unspecified atom stereocenters. The van der Waals surface area contributed by atoms with Crippen LogP contribution >= 0.6 is 15.6 Å². The number of ether oxygens (including phenoxy) is 4. The first-order valence-electron chi connectivity index (χ1n) is 28.7. The molecule has 24 heteroatoms. The summed E-state index contributed by atoms with van der Waals surface area (Å²) in [6.07, 6.45) is 10.8. The zero-order valence-corrected chi connectivity index (χ0v) is 47.7. The number of esters is 1. The molecular weight excluding hydrogens is 1030 g/mol. The van der Waals surface area contributed by atoms with Crippen molar-refractivity contribution in [1.82, 2.24) is 10.6 Å². The third-order valence-corrected chi connectivity index (χ3v) is 15.0. The smallest absolute Gasteiger partial charge is 0.462 e. The van der Waals surface area contributed by atoms with Crippen LogP contribution in [0.1, 0.15) is 226 Å². The normalized spacial score (nSPS) is 25.0. The summed E-state index contributed by atoms with van der Waals surface area (Å²) in [5.41, 5.74) is 0. The Hall–Kier alpha value is -1.69. The molecule has 0 saturated carbocycles. The predicted octanol–water partition coefficient (Wildman–Crippen LogP) is 6.90. The van der Waals surface area contributed by atoms with Gasteiger partial charge in [0, 0.05) is 6.42 Å². The number of phosphoric ester groups is 2. The van der Waals surface area contributed by atoms with Crippen LogP contribution in [0.3, 0.4) is 0 Å². The number of carbonyl (C=O) groups is 3. The van der Waals surface area contributed by atoms with E-state index in [-0.39, 0.29) is 6.42 Å². The van der Waals surface area contributed by atoms with Crippen molar-refractivity contribution in [3.8, 4) is 0 Å². The standard InChI is InChI=1S/C52H100N2O20P2/c1-4-7-10-13-16-19-22-25-28-31-38(56)34-42(57)53-45-48(61)47(60)41(72-52(45)74-76(66,67)68)37-69-51-46(49(62)50(40(36-55)71-51)73-75(63,64)65)54-43(58)35-39(32-29-26-23-20-17-14-11-8-5-2)70-44(59)33-30-27-24-21-18-15-12-9-6-3/h38-41,45-52,55-56,60-62H,4-37H2,1-3H3,(H,53,57)(H,54,58)(H2,63,64,65)(H2,66,67,68)/t38-,39-,40-,41-,45-,46-,47-,48-,49-,50-,51?,52+/m1/s1. The number of hydrogen-bond donors (Lipinski definition) is 11. The molecule has 2 heterocycles. The van der Waals surface area contributed by atoms with E-state index >= 15 is 0 Å². The third-order valence-electron chi connectivity index (χ3n) is 14.0. The number of aliphatic hydroxyl groups is 5. The number of rotatable bonds is 45. The fraction of sp³-hybridized carbons (Fsp3) is 0.942. The molecule has 0 aromatic rings. The van der Waals surface area contributed by atoms with E-state index in [9.17, 15) is 68.6 Å². The highest BCUT2D eigenvalue weighted by atomic mass is 31.2. The van der Waals surface area contributed by atoms with E-state index in [1.54, 1.807) is 0 Å². The summed E-state index contributed by atoms with van der Waals surface area (Å²) in [7, 11) is -10.8. The summed E-state index contributed by atoms with van der Waals surface area (Å²) in [6, 6.07) is -3.52. The van der Waals surface area contributed by atoms with Gasteiger partial charge in [0.15, 0.2) is 12.6 Å². The molecule has 2 aliphatic heterocycles. The van der Waals surface area contributed by atoms with Crippen molar-refractivity contribution < 1.29 is 96.6 Å². The summed E-state index contributed by atoms with van der Waals surface area (Å²) >= 11 is 0. The Bertz CT molecular complexity index is 1640. The summed E-state index contributed by atoms with van der Waals surface area (Å²) in [5, 5.41) is 59.7. The number of nitrogens with one attached hydrogen (secondary N) is 2. The minimum absolute atomic E-state index is 0.153. The molecule has 2 aliphatic rings. The molecule has 0 aromatic heterocycles. The second kappa shape index (κ2) is 40.5. The Kier molecular flexibility index (Phi) is 37.5. The number of amides is 2. The van der Waals surface area contributed by atoms with Crippen LogP contribution < -0.4 is 10.6 Å². The highest BCUT2D eigenvalue weighted by Crippen LogP contribution is 2.43. The Balaban J connectivity index is 2.20. The highest BCUT2D eigenvalue weighted by Gasteiger charge is 2.52. The van der Waals surface area contributed by atoms with Crippen molar-refractivity contribution in [3.63, 3.8) is 0 Å². The van der Waals surface area contributed by atoms with Gasteiger partial charge >= 0.3 is 21.6 Å². The lowest BCUT2D eigenvalue weighted by atomic mass is 9.95. The van der Waals surface area contributed by atoms with E-state index in [1.165, 1.54) is 64.2 Å². The average molecular weight is 1140 g/mol. The molecular formula is C52H100N2O20P2. The van der Waals surface area contributed by atoms with Crippen LogP contribution in [0.25, 0.3) is 0 Å². The van der Waals surface area contributed by atoms with Crippen molar-refractivity contribution >= 4 is 33.4 Å². The molecule has 2 fully saturated rings. The van der Waals surface area contributed by atoms with Crippen molar-refractivity contribution in [2.45, 2.75) is 300 Å². The van der Waals surface area contributed by atoms with E-state index in [2.05, 4.69) is 31.4 Å². The van der Waals surface area contributed by atoms with Crippen molar-refractivity contribution in [2.24, 2.45) is 0 Å². The fourth-order valence-electron chi connectivity index (χ4n) is 9.70. The molecule has 11 N–H and O–H groups in total. The highest BCUT2D eigenvalue weighted by molar-refractivity contribution is 7.46. The zero-order chi connectivity index (χ0) is 56.4. The zero-order valence-electron chi connectivity index (χ0n) is 45.9. The Morgan fingerprint density at radius 1 is 0.526 bits per heavy atom. The van der Waals surface area contributed by atoms with Crippen LogP contribution in [0.2, 0.25) is 0 Å². The van der Waals surface area contributed by atoms with Gasteiger partial charge in [-0.1, -0.05) is 181 Å². The molecule has 0 spiro atoms. The third kappa shape index (κ3) is 31.3. The fourth-order valence-corrected chi connectivity index (χ4v) is 10.7. The maximum atomic E-state index is 13.9. The van der Waals surface area contributed by atoms with Crippen LogP contribution in [0.15, 0.2) is 0 Å². The van der Waals surface area contributed by atoms with Gasteiger partial charge < -0.3 is 74.7 Å². The van der Waals surface area contributed by atoms with Crippen molar-refractivity contribution in [3.05, 3.63) is 0 Å². The largest absolute Gasteiger partial charge is 0.472 e. The number of unbranched alkanes of at least 4 members (excludes halogenated alkanes) is 24. The van der Waals surface area contributed by atoms with Crippen molar-refractivity contribution in [2.75, 3.05) is 13.2 Å². The van der Waals surface area contributed by atoms with Gasteiger partial charge in [0.05, 0.1) is 32.2 Å². The number of aliphatic hydroxyl groups excluding tert-OH is 5. The van der Waals surface area contributed by atoms with Gasteiger partial charge in [-0.25, -0.2) is 9.13 Å². The number of phosphoric acid groups is 2. The molecule has 2 saturated heterocycles. The van der Waals surface area contributed by atoms with E-state index in [4.69, 9.17) is 28.0 Å². The molecule has 22 nitrogen and oxygen atoms in total. The maximum absolute atomic E-state index is 13.9. The molecule has 76 heavy (non-hydrogen) atoms. The predicted molar refractivity (Wildman–Crippen MR) is 283 cm³/mol.